The van der Waals surface area contributed by atoms with Crippen molar-refractivity contribution in [3.63, 3.8) is 0 Å². The van der Waals surface area contributed by atoms with E-state index in [4.69, 9.17) is 19.9 Å². The zero-order valence-corrected chi connectivity index (χ0v) is 12.8. The Bertz CT molecular complexity index is 302. The predicted octanol–water partition coefficient (Wildman–Crippen LogP) is -0.222. The molecule has 0 unspecified atom stereocenters. The lowest BCUT2D eigenvalue weighted by Crippen LogP contribution is -2.38. The number of rotatable bonds is 9. The first kappa shape index (κ1) is 18.8. The number of methoxy groups -OCH3 is 1. The first-order valence-electron chi connectivity index (χ1n) is 6.57. The van der Waals surface area contributed by atoms with Crippen LogP contribution in [0.4, 0.5) is 0 Å². The summed E-state index contributed by atoms with van der Waals surface area (Å²) in [6.07, 6.45) is 0. The maximum absolute atomic E-state index is 11.8. The molecule has 0 radical (unpaired) electrons. The van der Waals surface area contributed by atoms with Gasteiger partial charge in [0.15, 0.2) is 0 Å². The van der Waals surface area contributed by atoms with E-state index in [-0.39, 0.29) is 25.7 Å². The largest absolute Gasteiger partial charge is 0.463 e. The Morgan fingerprint density at radius 3 is 2.20 bits per heavy atom. The molecule has 0 aliphatic heterocycles. The molecule has 0 rings (SSSR count). The molecule has 0 amide bonds. The van der Waals surface area contributed by atoms with Gasteiger partial charge in [-0.15, -0.1) is 0 Å². The van der Waals surface area contributed by atoms with E-state index in [1.54, 1.807) is 12.0 Å². The summed E-state index contributed by atoms with van der Waals surface area (Å²) >= 11 is 0. The van der Waals surface area contributed by atoms with Crippen LogP contribution in [0.2, 0.25) is 0 Å². The Balaban J connectivity index is 4.19. The highest BCUT2D eigenvalue weighted by Gasteiger charge is 2.19. The summed E-state index contributed by atoms with van der Waals surface area (Å²) in [5, 5.41) is 0. The van der Waals surface area contributed by atoms with Crippen LogP contribution >= 0.6 is 0 Å². The van der Waals surface area contributed by atoms with E-state index >= 15 is 0 Å². The highest BCUT2D eigenvalue weighted by molar-refractivity contribution is 5.72. The zero-order valence-electron chi connectivity index (χ0n) is 12.8. The monoisotopic (exact) mass is 290 g/mol. The number of hydrogen-bond donors (Lipinski definition) is 1. The summed E-state index contributed by atoms with van der Waals surface area (Å²) in [6.45, 7) is 7.06. The maximum atomic E-state index is 11.8. The van der Waals surface area contributed by atoms with Gasteiger partial charge in [-0.05, 0) is 20.8 Å². The van der Waals surface area contributed by atoms with Gasteiger partial charge in [-0.2, -0.15) is 0 Å². The molecule has 0 spiro atoms. The van der Waals surface area contributed by atoms with E-state index in [0.717, 1.165) is 0 Å². The van der Waals surface area contributed by atoms with E-state index in [1.165, 1.54) is 0 Å². The van der Waals surface area contributed by atoms with Crippen LogP contribution in [0.3, 0.4) is 0 Å². The number of hydrogen-bond acceptors (Lipinski definition) is 7. The third kappa shape index (κ3) is 10.7. The SMILES string of the molecule is COCCN(CCOC(=O)CN)CC(=O)OC(C)(C)C. The van der Waals surface area contributed by atoms with Crippen molar-refractivity contribution in [3.8, 4) is 0 Å². The summed E-state index contributed by atoms with van der Waals surface area (Å²) < 4.78 is 15.1. The molecule has 7 heteroatoms. The van der Waals surface area contributed by atoms with Gasteiger partial charge < -0.3 is 19.9 Å². The van der Waals surface area contributed by atoms with E-state index in [2.05, 4.69) is 0 Å². The number of carbonyl (C=O) groups excluding carboxylic acids is 2. The average Bonchev–Trinajstić information content (AvgIpc) is 2.33. The van der Waals surface area contributed by atoms with Crippen LogP contribution in [0.5, 0.6) is 0 Å². The van der Waals surface area contributed by atoms with Gasteiger partial charge in [0.05, 0.1) is 19.7 Å². The quantitative estimate of drug-likeness (QED) is 0.587. The van der Waals surface area contributed by atoms with Crippen molar-refractivity contribution in [2.75, 3.05) is 46.5 Å². The fraction of sp³-hybridized carbons (Fsp3) is 0.846. The Labute approximate surface area is 120 Å². The highest BCUT2D eigenvalue weighted by Crippen LogP contribution is 2.07. The molecule has 118 valence electrons. The topological polar surface area (TPSA) is 91.1 Å². The minimum absolute atomic E-state index is 0.126. The number of nitrogens with two attached hydrogens (primary N) is 1. The van der Waals surface area contributed by atoms with Crippen LogP contribution in [0.25, 0.3) is 0 Å². The van der Waals surface area contributed by atoms with Crippen molar-refractivity contribution in [1.29, 1.82) is 0 Å². The van der Waals surface area contributed by atoms with Crippen molar-refractivity contribution >= 4 is 11.9 Å². The second-order valence-electron chi connectivity index (χ2n) is 5.28. The van der Waals surface area contributed by atoms with Gasteiger partial charge in [-0.1, -0.05) is 0 Å². The summed E-state index contributed by atoms with van der Waals surface area (Å²) in [7, 11) is 1.58. The van der Waals surface area contributed by atoms with E-state index in [1.807, 2.05) is 20.8 Å². The van der Waals surface area contributed by atoms with E-state index < -0.39 is 11.6 Å². The molecule has 7 nitrogen and oxygen atoms in total. The Hall–Kier alpha value is -1.18. The summed E-state index contributed by atoms with van der Waals surface area (Å²) in [6, 6.07) is 0. The summed E-state index contributed by atoms with van der Waals surface area (Å²) in [4.78, 5) is 24.5. The molecule has 0 atom stereocenters. The molecule has 0 fully saturated rings. The third-order valence-electron chi connectivity index (χ3n) is 2.22. The fourth-order valence-electron chi connectivity index (χ4n) is 1.39. The molecule has 0 aromatic heterocycles. The van der Waals surface area contributed by atoms with Gasteiger partial charge in [0.2, 0.25) is 0 Å². The lowest BCUT2D eigenvalue weighted by atomic mass is 10.2. The van der Waals surface area contributed by atoms with Gasteiger partial charge in [0.1, 0.15) is 12.2 Å². The Kier molecular flexibility index (Phi) is 9.11. The lowest BCUT2D eigenvalue weighted by Gasteiger charge is -2.24. The smallest absolute Gasteiger partial charge is 0.320 e. The molecule has 0 saturated heterocycles. The molecular formula is C13H26N2O5. The highest BCUT2D eigenvalue weighted by atomic mass is 16.6. The van der Waals surface area contributed by atoms with Crippen molar-refractivity contribution < 1.29 is 23.8 Å². The van der Waals surface area contributed by atoms with Crippen LogP contribution in [-0.2, 0) is 23.8 Å². The normalized spacial score (nSPS) is 11.5. The second-order valence-corrected chi connectivity index (χ2v) is 5.28. The van der Waals surface area contributed by atoms with Crippen molar-refractivity contribution in [2.24, 2.45) is 5.73 Å². The number of esters is 2. The van der Waals surface area contributed by atoms with Crippen LogP contribution in [0, 0.1) is 0 Å². The number of carbonyl (C=O) groups is 2. The summed E-state index contributed by atoms with van der Waals surface area (Å²) in [5.74, 6) is -0.785. The maximum Gasteiger partial charge on any atom is 0.320 e. The van der Waals surface area contributed by atoms with Gasteiger partial charge in [-0.25, -0.2) is 0 Å². The van der Waals surface area contributed by atoms with Gasteiger partial charge >= 0.3 is 11.9 Å². The first-order valence-corrected chi connectivity index (χ1v) is 6.57. The first-order chi connectivity index (χ1) is 9.28. The van der Waals surface area contributed by atoms with Crippen molar-refractivity contribution in [2.45, 2.75) is 26.4 Å². The molecule has 0 aromatic rings. The van der Waals surface area contributed by atoms with Crippen LogP contribution in [0.15, 0.2) is 0 Å². The third-order valence-corrected chi connectivity index (χ3v) is 2.22. The molecular weight excluding hydrogens is 264 g/mol. The Morgan fingerprint density at radius 2 is 1.70 bits per heavy atom. The number of ether oxygens (including phenoxy) is 3. The zero-order chi connectivity index (χ0) is 15.6. The van der Waals surface area contributed by atoms with Gasteiger partial charge in [0, 0.05) is 20.2 Å². The second kappa shape index (κ2) is 9.68. The standard InChI is InChI=1S/C13H26N2O5/c1-13(2,3)20-12(17)10-15(5-7-18-4)6-8-19-11(16)9-14/h5-10,14H2,1-4H3. The van der Waals surface area contributed by atoms with Crippen LogP contribution in [-0.4, -0.2) is 68.9 Å². The van der Waals surface area contributed by atoms with E-state index in [0.29, 0.717) is 19.7 Å². The predicted molar refractivity (Wildman–Crippen MR) is 74.2 cm³/mol. The molecule has 0 saturated carbocycles. The van der Waals surface area contributed by atoms with E-state index in [9.17, 15) is 9.59 Å². The summed E-state index contributed by atoms with van der Waals surface area (Å²) in [5.41, 5.74) is 4.62. The van der Waals surface area contributed by atoms with Gasteiger partial charge in [-0.3, -0.25) is 14.5 Å². The molecule has 2 N–H and O–H groups in total. The molecule has 0 aromatic carbocycles. The van der Waals surface area contributed by atoms with Crippen molar-refractivity contribution in [1.82, 2.24) is 4.90 Å². The molecule has 0 heterocycles. The van der Waals surface area contributed by atoms with Crippen molar-refractivity contribution in [3.05, 3.63) is 0 Å². The van der Waals surface area contributed by atoms with Crippen LogP contribution in [0.1, 0.15) is 20.8 Å². The van der Waals surface area contributed by atoms with Gasteiger partial charge in [0.25, 0.3) is 0 Å². The molecule has 20 heavy (non-hydrogen) atoms. The minimum Gasteiger partial charge on any atom is -0.463 e. The minimum atomic E-state index is -0.518. The average molecular weight is 290 g/mol. The fourth-order valence-corrected chi connectivity index (χ4v) is 1.39. The number of nitrogens with zero attached hydrogens (tertiary/aromatic N) is 1. The molecule has 0 bridgehead atoms. The molecule has 0 aliphatic carbocycles. The van der Waals surface area contributed by atoms with Crippen LogP contribution < -0.4 is 5.73 Å². The molecule has 0 aliphatic rings. The Morgan fingerprint density at radius 1 is 1.10 bits per heavy atom. The lowest BCUT2D eigenvalue weighted by molar-refractivity contribution is -0.156.